The molecule has 0 amide bonds. The minimum absolute atomic E-state index is 0.540. The van der Waals surface area contributed by atoms with Crippen molar-refractivity contribution in [1.82, 2.24) is 9.88 Å². The molecule has 1 aliphatic heterocycles. The van der Waals surface area contributed by atoms with E-state index in [0.29, 0.717) is 11.3 Å². The predicted octanol–water partition coefficient (Wildman–Crippen LogP) is 3.70. The normalized spacial score (nSPS) is 17.6. The first-order valence-electron chi connectivity index (χ1n) is 7.33. The van der Waals surface area contributed by atoms with Crippen LogP contribution in [0, 0.1) is 0 Å². The van der Waals surface area contributed by atoms with E-state index in [9.17, 15) is 0 Å². The Kier molecular flexibility index (Phi) is 4.18. The van der Waals surface area contributed by atoms with E-state index < -0.39 is 0 Å². The molecule has 1 N–H and O–H groups in total. The van der Waals surface area contributed by atoms with Crippen LogP contribution < -0.4 is 5.32 Å². The highest BCUT2D eigenvalue weighted by atomic mass is 32.2. The van der Waals surface area contributed by atoms with Crippen LogP contribution in [-0.2, 0) is 19.5 Å². The third kappa shape index (κ3) is 3.28. The molecular weight excluding hydrogens is 264 g/mol. The summed E-state index contributed by atoms with van der Waals surface area (Å²) in [6.07, 6.45) is 5.68. The number of rotatable bonds is 5. The summed E-state index contributed by atoms with van der Waals surface area (Å²) in [5.41, 5.74) is 2.88. The van der Waals surface area contributed by atoms with Crippen LogP contribution in [0.2, 0.25) is 0 Å². The van der Waals surface area contributed by atoms with E-state index in [1.54, 1.807) is 0 Å². The third-order valence-corrected chi connectivity index (χ3v) is 4.96. The largest absolute Gasteiger partial charge is 0.353 e. The zero-order valence-electron chi connectivity index (χ0n) is 12.2. The second-order valence-corrected chi connectivity index (χ2v) is 7.15. The average Bonchev–Trinajstić information content (AvgIpc) is 3.02. The van der Waals surface area contributed by atoms with E-state index in [4.69, 9.17) is 0 Å². The highest BCUT2D eigenvalue weighted by Gasteiger charge is 2.21. The van der Waals surface area contributed by atoms with Crippen LogP contribution in [0.1, 0.15) is 25.0 Å². The molecule has 0 fully saturated rings. The van der Waals surface area contributed by atoms with Gasteiger partial charge in [-0.05, 0) is 29.7 Å². The molecule has 3 rings (SSSR count). The van der Waals surface area contributed by atoms with Crippen molar-refractivity contribution in [2.75, 3.05) is 0 Å². The smallest absolute Gasteiger partial charge is 0.0345 e. The molecule has 3 heteroatoms. The number of thioether (sulfide) groups is 1. The Labute approximate surface area is 125 Å². The lowest BCUT2D eigenvalue weighted by Crippen LogP contribution is -2.21. The zero-order valence-corrected chi connectivity index (χ0v) is 13.0. The average molecular weight is 286 g/mol. The Hall–Kier alpha value is -1.19. The standard InChI is InChI=1S/C17H22N2S/c1-13(2)18-10-14-7-8-19(11-14)12-16-9-15-5-3-4-6-17(15)20-16/h3-8,11,13,16,18H,9-10,12H2,1-2H3. The van der Waals surface area contributed by atoms with Gasteiger partial charge >= 0.3 is 0 Å². The maximum Gasteiger partial charge on any atom is 0.0345 e. The van der Waals surface area contributed by atoms with Gasteiger partial charge in [-0.15, -0.1) is 11.8 Å². The molecule has 1 atom stereocenters. The molecule has 1 aromatic heterocycles. The summed E-state index contributed by atoms with van der Waals surface area (Å²) >= 11 is 2.02. The summed E-state index contributed by atoms with van der Waals surface area (Å²) in [5.74, 6) is 0. The lowest BCUT2D eigenvalue weighted by atomic mass is 10.1. The van der Waals surface area contributed by atoms with Crippen molar-refractivity contribution in [3.8, 4) is 0 Å². The number of nitrogens with zero attached hydrogens (tertiary/aromatic N) is 1. The number of hydrogen-bond acceptors (Lipinski definition) is 2. The van der Waals surface area contributed by atoms with Crippen LogP contribution in [-0.4, -0.2) is 15.9 Å². The molecule has 0 saturated carbocycles. The fraction of sp³-hybridized carbons (Fsp3) is 0.412. The molecule has 0 aliphatic carbocycles. The number of benzene rings is 1. The number of nitrogens with one attached hydrogen (secondary N) is 1. The second kappa shape index (κ2) is 6.06. The van der Waals surface area contributed by atoms with Gasteiger partial charge in [0.25, 0.3) is 0 Å². The minimum Gasteiger partial charge on any atom is -0.353 e. The topological polar surface area (TPSA) is 17.0 Å². The molecule has 2 heterocycles. The number of hydrogen-bond donors (Lipinski definition) is 1. The van der Waals surface area contributed by atoms with Gasteiger partial charge in [0.05, 0.1) is 0 Å². The highest BCUT2D eigenvalue weighted by molar-refractivity contribution is 8.00. The Morgan fingerprint density at radius 3 is 2.95 bits per heavy atom. The SMILES string of the molecule is CC(C)NCc1ccn(CC2Cc3ccccc3S2)c1. The van der Waals surface area contributed by atoms with Crippen LogP contribution >= 0.6 is 11.8 Å². The van der Waals surface area contributed by atoms with E-state index >= 15 is 0 Å². The van der Waals surface area contributed by atoms with Gasteiger partial charge < -0.3 is 9.88 Å². The van der Waals surface area contributed by atoms with Crippen molar-refractivity contribution in [2.24, 2.45) is 0 Å². The fourth-order valence-electron chi connectivity index (χ4n) is 2.62. The van der Waals surface area contributed by atoms with E-state index in [2.05, 4.69) is 66.5 Å². The van der Waals surface area contributed by atoms with Gasteiger partial charge in [0.2, 0.25) is 0 Å². The first kappa shape index (κ1) is 13.8. The van der Waals surface area contributed by atoms with Crippen LogP contribution in [0.25, 0.3) is 0 Å². The Morgan fingerprint density at radius 2 is 2.15 bits per heavy atom. The van der Waals surface area contributed by atoms with Crippen molar-refractivity contribution < 1.29 is 0 Å². The third-order valence-electron chi connectivity index (χ3n) is 3.65. The van der Waals surface area contributed by atoms with E-state index in [1.165, 1.54) is 22.4 Å². The van der Waals surface area contributed by atoms with Gasteiger partial charge in [0.1, 0.15) is 0 Å². The number of fused-ring (bicyclic) bond motifs is 1. The van der Waals surface area contributed by atoms with Crippen LogP contribution in [0.4, 0.5) is 0 Å². The quantitative estimate of drug-likeness (QED) is 0.902. The lowest BCUT2D eigenvalue weighted by molar-refractivity contribution is 0.587. The molecule has 2 nitrogen and oxygen atoms in total. The van der Waals surface area contributed by atoms with Crippen LogP contribution in [0.15, 0.2) is 47.6 Å². The van der Waals surface area contributed by atoms with Crippen molar-refractivity contribution in [1.29, 1.82) is 0 Å². The molecule has 0 saturated heterocycles. The molecule has 1 aromatic carbocycles. The number of aromatic nitrogens is 1. The maximum atomic E-state index is 3.46. The first-order valence-corrected chi connectivity index (χ1v) is 8.21. The summed E-state index contributed by atoms with van der Waals surface area (Å²) in [4.78, 5) is 1.46. The first-order chi connectivity index (χ1) is 9.70. The van der Waals surface area contributed by atoms with Crippen molar-refractivity contribution in [2.45, 2.75) is 49.5 Å². The molecule has 1 aliphatic rings. The van der Waals surface area contributed by atoms with E-state index in [0.717, 1.165) is 13.1 Å². The summed E-state index contributed by atoms with van der Waals surface area (Å²) in [6, 6.07) is 11.6. The summed E-state index contributed by atoms with van der Waals surface area (Å²) in [6.45, 7) is 6.43. The predicted molar refractivity (Wildman–Crippen MR) is 86.2 cm³/mol. The molecule has 20 heavy (non-hydrogen) atoms. The summed E-state index contributed by atoms with van der Waals surface area (Å²) in [5, 5.41) is 4.14. The Bertz CT molecular complexity index is 549. The second-order valence-electron chi connectivity index (χ2n) is 5.80. The van der Waals surface area contributed by atoms with Crippen molar-refractivity contribution >= 4 is 11.8 Å². The minimum atomic E-state index is 0.540. The van der Waals surface area contributed by atoms with Gasteiger partial charge in [-0.3, -0.25) is 0 Å². The highest BCUT2D eigenvalue weighted by Crippen LogP contribution is 2.37. The van der Waals surface area contributed by atoms with Gasteiger partial charge in [-0.2, -0.15) is 0 Å². The zero-order chi connectivity index (χ0) is 13.9. The van der Waals surface area contributed by atoms with Gasteiger partial charge in [0.15, 0.2) is 0 Å². The van der Waals surface area contributed by atoms with E-state index in [-0.39, 0.29) is 0 Å². The molecule has 2 aromatic rings. The Balaban J connectivity index is 1.57. The van der Waals surface area contributed by atoms with E-state index in [1.807, 2.05) is 11.8 Å². The molecular formula is C17H22N2S. The van der Waals surface area contributed by atoms with Crippen LogP contribution in [0.5, 0.6) is 0 Å². The summed E-state index contributed by atoms with van der Waals surface area (Å²) in [7, 11) is 0. The molecule has 0 radical (unpaired) electrons. The maximum absolute atomic E-state index is 3.46. The summed E-state index contributed by atoms with van der Waals surface area (Å²) < 4.78 is 2.33. The lowest BCUT2D eigenvalue weighted by Gasteiger charge is -2.10. The Morgan fingerprint density at radius 1 is 1.30 bits per heavy atom. The van der Waals surface area contributed by atoms with Gasteiger partial charge in [-0.25, -0.2) is 0 Å². The molecule has 0 spiro atoms. The van der Waals surface area contributed by atoms with Gasteiger partial charge in [0, 0.05) is 41.7 Å². The van der Waals surface area contributed by atoms with Crippen LogP contribution in [0.3, 0.4) is 0 Å². The fourth-order valence-corrected chi connectivity index (χ4v) is 3.95. The monoisotopic (exact) mass is 286 g/mol. The van der Waals surface area contributed by atoms with Gasteiger partial charge in [-0.1, -0.05) is 32.0 Å². The molecule has 1 unspecified atom stereocenters. The van der Waals surface area contributed by atoms with Crippen molar-refractivity contribution in [3.63, 3.8) is 0 Å². The molecule has 0 bridgehead atoms. The van der Waals surface area contributed by atoms with Crippen molar-refractivity contribution in [3.05, 3.63) is 53.9 Å². The molecule has 106 valence electrons.